The number of hydrogen-bond donors (Lipinski definition) is 0. The summed E-state index contributed by atoms with van der Waals surface area (Å²) in [4.78, 5) is 0. The van der Waals surface area contributed by atoms with Crippen LogP contribution in [-0.4, -0.2) is 26.4 Å². The van der Waals surface area contributed by atoms with E-state index in [2.05, 4.69) is 10.2 Å². The van der Waals surface area contributed by atoms with Crippen LogP contribution in [0.2, 0.25) is 0 Å². The van der Waals surface area contributed by atoms with Crippen LogP contribution >= 0.6 is 23.4 Å². The molecule has 21 heavy (non-hydrogen) atoms. The summed E-state index contributed by atoms with van der Waals surface area (Å²) in [6.07, 6.45) is -3.54. The third-order valence-electron chi connectivity index (χ3n) is 2.79. The molecule has 0 N–H and O–H groups in total. The van der Waals surface area contributed by atoms with E-state index in [9.17, 15) is 13.2 Å². The molecule has 0 radical (unpaired) electrons. The lowest BCUT2D eigenvalue weighted by Crippen LogP contribution is -2.05. The van der Waals surface area contributed by atoms with Crippen molar-refractivity contribution in [2.75, 3.05) is 11.6 Å². The highest BCUT2D eigenvalue weighted by Gasteiger charge is 2.30. The topological polar surface area (TPSA) is 30.7 Å². The molecule has 0 amide bonds. The maximum Gasteiger partial charge on any atom is 0.416 e. The molecular weight excluding hydrogens is 323 g/mol. The third kappa shape index (κ3) is 3.91. The Labute approximate surface area is 129 Å². The molecule has 2 aromatic rings. The first-order chi connectivity index (χ1) is 9.93. The Morgan fingerprint density at radius 2 is 2.05 bits per heavy atom. The van der Waals surface area contributed by atoms with Gasteiger partial charge < -0.3 is 4.57 Å². The number of thioether (sulfide) groups is 1. The van der Waals surface area contributed by atoms with E-state index in [-0.39, 0.29) is 0 Å². The van der Waals surface area contributed by atoms with Crippen LogP contribution in [0.4, 0.5) is 13.2 Å². The SMILES string of the molecule is Cn1c(SCCCCl)nnc1-c1cccc(C(F)(F)F)c1. The van der Waals surface area contributed by atoms with Crippen molar-refractivity contribution in [1.82, 2.24) is 14.8 Å². The number of hydrogen-bond acceptors (Lipinski definition) is 3. The van der Waals surface area contributed by atoms with Gasteiger partial charge in [0.2, 0.25) is 0 Å². The van der Waals surface area contributed by atoms with E-state index in [0.29, 0.717) is 22.4 Å². The van der Waals surface area contributed by atoms with Crippen molar-refractivity contribution in [3.63, 3.8) is 0 Å². The summed E-state index contributed by atoms with van der Waals surface area (Å²) in [5.41, 5.74) is -0.302. The highest BCUT2D eigenvalue weighted by Crippen LogP contribution is 2.32. The summed E-state index contributed by atoms with van der Waals surface area (Å²) in [6.45, 7) is 0. The first-order valence-electron chi connectivity index (χ1n) is 6.19. The first kappa shape index (κ1) is 16.2. The molecule has 0 fully saturated rings. The van der Waals surface area contributed by atoms with Gasteiger partial charge in [-0.1, -0.05) is 23.9 Å². The van der Waals surface area contributed by atoms with E-state index >= 15 is 0 Å². The lowest BCUT2D eigenvalue weighted by atomic mass is 10.1. The van der Waals surface area contributed by atoms with Gasteiger partial charge in [0.05, 0.1) is 5.56 Å². The number of benzene rings is 1. The Balaban J connectivity index is 2.26. The van der Waals surface area contributed by atoms with Gasteiger partial charge in [-0.25, -0.2) is 0 Å². The highest BCUT2D eigenvalue weighted by molar-refractivity contribution is 7.99. The van der Waals surface area contributed by atoms with Gasteiger partial charge in [0, 0.05) is 24.2 Å². The lowest BCUT2D eigenvalue weighted by Gasteiger charge is -2.08. The number of alkyl halides is 4. The zero-order chi connectivity index (χ0) is 15.5. The van der Waals surface area contributed by atoms with Crippen LogP contribution < -0.4 is 0 Å². The van der Waals surface area contributed by atoms with Gasteiger partial charge in [-0.2, -0.15) is 13.2 Å². The van der Waals surface area contributed by atoms with Crippen LogP contribution in [0, 0.1) is 0 Å². The van der Waals surface area contributed by atoms with Gasteiger partial charge in [0.1, 0.15) is 0 Å². The molecule has 0 unspecified atom stereocenters. The molecule has 0 aliphatic carbocycles. The third-order valence-corrected chi connectivity index (χ3v) is 4.17. The Kier molecular flexibility index (Phi) is 5.16. The van der Waals surface area contributed by atoms with Gasteiger partial charge in [-0.05, 0) is 18.6 Å². The summed E-state index contributed by atoms with van der Waals surface area (Å²) >= 11 is 7.09. The molecule has 0 bridgehead atoms. The standard InChI is InChI=1S/C13H13ClF3N3S/c1-20-11(18-19-12(20)21-7-3-6-14)9-4-2-5-10(8-9)13(15,16)17/h2,4-5,8H,3,6-7H2,1H3. The Morgan fingerprint density at radius 3 is 2.71 bits per heavy atom. The van der Waals surface area contributed by atoms with Gasteiger partial charge in [0.25, 0.3) is 0 Å². The smallest absolute Gasteiger partial charge is 0.305 e. The van der Waals surface area contributed by atoms with E-state index in [0.717, 1.165) is 24.3 Å². The average Bonchev–Trinajstić information content (AvgIpc) is 2.80. The first-order valence-corrected chi connectivity index (χ1v) is 7.71. The van der Waals surface area contributed by atoms with Crippen LogP contribution in [-0.2, 0) is 13.2 Å². The summed E-state index contributed by atoms with van der Waals surface area (Å²) < 4.78 is 39.9. The molecule has 2 rings (SSSR count). The second kappa shape index (κ2) is 6.70. The molecule has 0 spiro atoms. The summed E-state index contributed by atoms with van der Waals surface area (Å²) in [5, 5.41) is 8.65. The molecular formula is C13H13ClF3N3S. The molecule has 1 aromatic carbocycles. The maximum atomic E-state index is 12.7. The van der Waals surface area contributed by atoms with E-state index in [1.807, 2.05) is 0 Å². The number of nitrogens with zero attached hydrogens (tertiary/aromatic N) is 3. The predicted molar refractivity (Wildman–Crippen MR) is 77.5 cm³/mol. The lowest BCUT2D eigenvalue weighted by molar-refractivity contribution is -0.137. The van der Waals surface area contributed by atoms with Crippen molar-refractivity contribution < 1.29 is 13.2 Å². The Morgan fingerprint density at radius 1 is 1.29 bits per heavy atom. The molecule has 8 heteroatoms. The van der Waals surface area contributed by atoms with Gasteiger partial charge >= 0.3 is 6.18 Å². The van der Waals surface area contributed by atoms with Crippen molar-refractivity contribution in [3.05, 3.63) is 29.8 Å². The summed E-state index contributed by atoms with van der Waals surface area (Å²) in [6, 6.07) is 5.08. The van der Waals surface area contributed by atoms with E-state index < -0.39 is 11.7 Å². The van der Waals surface area contributed by atoms with Crippen LogP contribution in [0.1, 0.15) is 12.0 Å². The molecule has 114 valence electrons. The molecule has 0 saturated carbocycles. The van der Waals surface area contributed by atoms with Gasteiger partial charge in [-0.15, -0.1) is 21.8 Å². The largest absolute Gasteiger partial charge is 0.416 e. The number of halogens is 4. The zero-order valence-corrected chi connectivity index (χ0v) is 12.8. The second-order valence-corrected chi connectivity index (χ2v) is 5.77. The van der Waals surface area contributed by atoms with Crippen molar-refractivity contribution >= 4 is 23.4 Å². The fourth-order valence-corrected chi connectivity index (χ4v) is 2.89. The van der Waals surface area contributed by atoms with Crippen LogP contribution in [0.3, 0.4) is 0 Å². The fourth-order valence-electron chi connectivity index (χ4n) is 1.74. The normalized spacial score (nSPS) is 11.9. The van der Waals surface area contributed by atoms with Crippen molar-refractivity contribution in [2.45, 2.75) is 17.8 Å². The molecule has 0 atom stereocenters. The Hall–Kier alpha value is -1.21. The number of aromatic nitrogens is 3. The minimum absolute atomic E-state index is 0.393. The highest BCUT2D eigenvalue weighted by atomic mass is 35.5. The van der Waals surface area contributed by atoms with E-state index in [4.69, 9.17) is 11.6 Å². The zero-order valence-electron chi connectivity index (χ0n) is 11.2. The van der Waals surface area contributed by atoms with Gasteiger partial charge in [0.15, 0.2) is 11.0 Å². The summed E-state index contributed by atoms with van der Waals surface area (Å²) in [7, 11) is 1.73. The van der Waals surface area contributed by atoms with E-state index in [1.54, 1.807) is 17.7 Å². The minimum Gasteiger partial charge on any atom is -0.305 e. The number of rotatable bonds is 5. The molecule has 0 aliphatic rings. The monoisotopic (exact) mass is 335 g/mol. The Bertz CT molecular complexity index is 613. The van der Waals surface area contributed by atoms with Crippen molar-refractivity contribution in [2.24, 2.45) is 7.05 Å². The quantitative estimate of drug-likeness (QED) is 0.465. The minimum atomic E-state index is -4.37. The maximum absolute atomic E-state index is 12.7. The van der Waals surface area contributed by atoms with Crippen LogP contribution in [0.5, 0.6) is 0 Å². The fraction of sp³-hybridized carbons (Fsp3) is 0.385. The molecule has 0 saturated heterocycles. The molecule has 3 nitrogen and oxygen atoms in total. The van der Waals surface area contributed by atoms with Gasteiger partial charge in [-0.3, -0.25) is 0 Å². The molecule has 0 aliphatic heterocycles. The van der Waals surface area contributed by atoms with Crippen molar-refractivity contribution in [3.8, 4) is 11.4 Å². The molecule has 1 aromatic heterocycles. The predicted octanol–water partition coefficient (Wildman–Crippen LogP) is 4.22. The van der Waals surface area contributed by atoms with Crippen LogP contribution in [0.25, 0.3) is 11.4 Å². The summed E-state index contributed by atoms with van der Waals surface area (Å²) in [5.74, 6) is 1.76. The molecule has 1 heterocycles. The van der Waals surface area contributed by atoms with E-state index in [1.165, 1.54) is 17.8 Å². The van der Waals surface area contributed by atoms with Crippen molar-refractivity contribution in [1.29, 1.82) is 0 Å². The second-order valence-electron chi connectivity index (χ2n) is 4.33. The van der Waals surface area contributed by atoms with Crippen LogP contribution in [0.15, 0.2) is 29.4 Å². The average molecular weight is 336 g/mol.